The van der Waals surface area contributed by atoms with E-state index in [1.165, 1.54) is 186 Å². The minimum Gasteiger partial charge on any atom is -0.457 e. The summed E-state index contributed by atoms with van der Waals surface area (Å²) in [5, 5.41) is 18.3. The van der Waals surface area contributed by atoms with E-state index in [4.69, 9.17) is 23.6 Å². The van der Waals surface area contributed by atoms with Gasteiger partial charge in [-0.25, -0.2) is 4.57 Å². The number of carbonyl (C=O) groups is 1. The lowest BCUT2D eigenvalue weighted by Gasteiger charge is -2.20. The van der Waals surface area contributed by atoms with Gasteiger partial charge in [0.05, 0.1) is 26.4 Å². The van der Waals surface area contributed by atoms with Crippen molar-refractivity contribution >= 4 is 13.8 Å². The average molecular weight is 807 g/mol. The molecule has 0 saturated carbocycles. The van der Waals surface area contributed by atoms with Crippen molar-refractivity contribution in [2.45, 2.75) is 251 Å². The molecular weight excluding hydrogens is 715 g/mol. The van der Waals surface area contributed by atoms with Gasteiger partial charge < -0.3 is 24.6 Å². The van der Waals surface area contributed by atoms with E-state index in [0.29, 0.717) is 6.61 Å². The third kappa shape index (κ3) is 42.9. The average Bonchev–Trinajstić information content (AvgIpc) is 3.18. The van der Waals surface area contributed by atoms with Crippen LogP contribution in [-0.2, 0) is 27.9 Å². The van der Waals surface area contributed by atoms with Gasteiger partial charge in [-0.15, -0.1) is 0 Å². The molecule has 0 rings (SSSR count). The second kappa shape index (κ2) is 43.0. The molecule has 0 fully saturated rings. The number of aliphatic hydroxyl groups excluding tert-OH is 2. The molecule has 9 nitrogen and oxygen atoms in total. The minimum atomic E-state index is -4.51. The highest BCUT2D eigenvalue weighted by atomic mass is 31.2. The van der Waals surface area contributed by atoms with Crippen LogP contribution in [0.3, 0.4) is 0 Å². The van der Waals surface area contributed by atoms with Crippen molar-refractivity contribution < 1.29 is 43.0 Å². The van der Waals surface area contributed by atoms with Gasteiger partial charge in [-0.1, -0.05) is 219 Å². The second-order valence-corrected chi connectivity index (χ2v) is 17.6. The molecule has 1 unspecified atom stereocenters. The van der Waals surface area contributed by atoms with Crippen molar-refractivity contribution in [2.75, 3.05) is 33.0 Å². The van der Waals surface area contributed by atoms with Crippen LogP contribution in [0.15, 0.2) is 0 Å². The molecule has 330 valence electrons. The number of rotatable bonds is 46. The van der Waals surface area contributed by atoms with Crippen LogP contribution < -0.4 is 0 Å². The van der Waals surface area contributed by atoms with Gasteiger partial charge in [0.2, 0.25) is 0 Å². The van der Waals surface area contributed by atoms with Crippen LogP contribution in [0.25, 0.3) is 0 Å². The highest BCUT2D eigenvalue weighted by Gasteiger charge is 2.26. The summed E-state index contributed by atoms with van der Waals surface area (Å²) in [5.41, 5.74) is 0. The Labute approximate surface area is 339 Å². The van der Waals surface area contributed by atoms with Crippen LogP contribution in [0.5, 0.6) is 0 Å². The first kappa shape index (κ1) is 54.5. The molecule has 0 aromatic carbocycles. The molecule has 0 saturated heterocycles. The molecule has 10 heteroatoms. The zero-order valence-electron chi connectivity index (χ0n) is 36.2. The van der Waals surface area contributed by atoms with Crippen molar-refractivity contribution in [3.05, 3.63) is 0 Å². The Hall–Kier alpha value is -0.540. The lowest BCUT2D eigenvalue weighted by atomic mass is 10.0. The van der Waals surface area contributed by atoms with Crippen molar-refractivity contribution in [1.29, 1.82) is 0 Å². The van der Waals surface area contributed by atoms with E-state index >= 15 is 0 Å². The Bertz CT molecular complexity index is 830. The van der Waals surface area contributed by atoms with E-state index in [1.807, 2.05) is 0 Å². The molecular formula is C45H91O9P. The fourth-order valence-corrected chi connectivity index (χ4v) is 7.74. The van der Waals surface area contributed by atoms with Crippen LogP contribution in [0.2, 0.25) is 0 Å². The fourth-order valence-electron chi connectivity index (χ4n) is 6.95. The molecule has 0 bridgehead atoms. The summed E-state index contributed by atoms with van der Waals surface area (Å²) in [6.45, 7) is 3.58. The number of hydrogen-bond acceptors (Lipinski definition) is 8. The van der Waals surface area contributed by atoms with Gasteiger partial charge in [0.25, 0.3) is 0 Å². The Balaban J connectivity index is 4.00. The van der Waals surface area contributed by atoms with E-state index in [2.05, 4.69) is 13.8 Å². The topological polar surface area (TPSA) is 132 Å². The molecule has 0 aromatic rings. The third-order valence-corrected chi connectivity index (χ3v) is 11.5. The molecule has 3 N–H and O–H groups in total. The number of phosphoric ester groups is 1. The van der Waals surface area contributed by atoms with Crippen LogP contribution in [0, 0.1) is 0 Å². The molecule has 0 aliphatic rings. The summed E-state index contributed by atoms with van der Waals surface area (Å²) >= 11 is 0. The maximum absolute atomic E-state index is 12.6. The summed E-state index contributed by atoms with van der Waals surface area (Å²) in [7, 11) is -4.51. The van der Waals surface area contributed by atoms with Gasteiger partial charge in [0.15, 0.2) is 0 Å². The lowest BCUT2D eigenvalue weighted by molar-refractivity contribution is -0.154. The third-order valence-electron chi connectivity index (χ3n) is 10.5. The van der Waals surface area contributed by atoms with Crippen LogP contribution in [0.1, 0.15) is 239 Å². The molecule has 0 spiro atoms. The predicted octanol–water partition coefficient (Wildman–Crippen LogP) is 13.1. The predicted molar refractivity (Wildman–Crippen MR) is 228 cm³/mol. The van der Waals surface area contributed by atoms with Crippen molar-refractivity contribution in [3.63, 3.8) is 0 Å². The van der Waals surface area contributed by atoms with Gasteiger partial charge in [0.1, 0.15) is 12.2 Å². The molecule has 0 aliphatic carbocycles. The number of ether oxygens (including phenoxy) is 2. The van der Waals surface area contributed by atoms with Crippen LogP contribution in [-0.4, -0.2) is 66.3 Å². The minimum absolute atomic E-state index is 0.0579. The summed E-state index contributed by atoms with van der Waals surface area (Å²) in [4.78, 5) is 22.6. The Morgan fingerprint density at radius 3 is 1.18 bits per heavy atom. The standard InChI is InChI=1S/C45H91O9P/c1-3-5-7-9-11-13-15-17-18-19-20-21-22-23-24-25-26-27-29-31-33-35-37-45(48)54-44(42-53-55(49,50)52-40-43(47)39-46)41-51-38-36-34-32-30-28-16-14-12-10-8-6-4-2/h43-44,46-47H,3-42H2,1-2H3,(H,49,50)/t43-,44+/m0/s1. The number of phosphoric acid groups is 1. The molecule has 0 radical (unpaired) electrons. The van der Waals surface area contributed by atoms with Gasteiger partial charge in [-0.2, -0.15) is 0 Å². The summed E-state index contributed by atoms with van der Waals surface area (Å²) in [6.07, 6.45) is 42.1. The summed E-state index contributed by atoms with van der Waals surface area (Å²) in [6, 6.07) is 0. The molecule has 0 aromatic heterocycles. The van der Waals surface area contributed by atoms with Crippen molar-refractivity contribution in [2.24, 2.45) is 0 Å². The van der Waals surface area contributed by atoms with Crippen molar-refractivity contribution in [3.8, 4) is 0 Å². The quantitative estimate of drug-likeness (QED) is 0.0312. The number of carbonyl (C=O) groups excluding carboxylic acids is 1. The second-order valence-electron chi connectivity index (χ2n) is 16.1. The zero-order valence-corrected chi connectivity index (χ0v) is 37.1. The van der Waals surface area contributed by atoms with Gasteiger partial charge >= 0.3 is 13.8 Å². The highest BCUT2D eigenvalue weighted by Crippen LogP contribution is 2.43. The van der Waals surface area contributed by atoms with Crippen LogP contribution >= 0.6 is 7.82 Å². The molecule has 0 aliphatic heterocycles. The lowest BCUT2D eigenvalue weighted by Crippen LogP contribution is -2.29. The summed E-state index contributed by atoms with van der Waals surface area (Å²) in [5.74, 6) is -0.375. The summed E-state index contributed by atoms with van der Waals surface area (Å²) < 4.78 is 33.4. The van der Waals surface area contributed by atoms with E-state index in [1.54, 1.807) is 0 Å². The molecule has 0 amide bonds. The van der Waals surface area contributed by atoms with Gasteiger partial charge in [-0.3, -0.25) is 13.8 Å². The van der Waals surface area contributed by atoms with Crippen molar-refractivity contribution in [1.82, 2.24) is 0 Å². The maximum Gasteiger partial charge on any atom is 0.472 e. The fraction of sp³-hybridized carbons (Fsp3) is 0.978. The zero-order chi connectivity index (χ0) is 40.3. The Morgan fingerprint density at radius 2 is 0.818 bits per heavy atom. The normalized spacial score (nSPS) is 13.9. The van der Waals surface area contributed by atoms with E-state index < -0.39 is 33.2 Å². The van der Waals surface area contributed by atoms with Gasteiger partial charge in [-0.05, 0) is 12.8 Å². The number of aliphatic hydroxyl groups is 2. The number of unbranched alkanes of at least 4 members (excludes halogenated alkanes) is 32. The van der Waals surface area contributed by atoms with Gasteiger partial charge in [0, 0.05) is 13.0 Å². The molecule has 55 heavy (non-hydrogen) atoms. The Morgan fingerprint density at radius 1 is 0.491 bits per heavy atom. The molecule has 0 heterocycles. The van der Waals surface area contributed by atoms with Crippen LogP contribution in [0.4, 0.5) is 0 Å². The largest absolute Gasteiger partial charge is 0.472 e. The number of hydrogen-bond donors (Lipinski definition) is 3. The first-order chi connectivity index (χ1) is 26.8. The van der Waals surface area contributed by atoms with E-state index in [-0.39, 0.29) is 25.6 Å². The Kier molecular flexibility index (Phi) is 42.6. The monoisotopic (exact) mass is 807 g/mol. The maximum atomic E-state index is 12.6. The van der Waals surface area contributed by atoms with E-state index in [0.717, 1.165) is 32.1 Å². The first-order valence-corrected chi connectivity index (χ1v) is 25.0. The highest BCUT2D eigenvalue weighted by molar-refractivity contribution is 7.47. The molecule has 3 atom stereocenters. The smallest absolute Gasteiger partial charge is 0.457 e. The number of esters is 1. The first-order valence-electron chi connectivity index (χ1n) is 23.5. The van der Waals surface area contributed by atoms with E-state index in [9.17, 15) is 19.4 Å². The SMILES string of the molecule is CCCCCCCCCCCCCCCCCCCCCCCCC(=O)O[C@H](COCCCCCCCCCCCCCC)COP(=O)(O)OC[C@@H](O)CO.